The Morgan fingerprint density at radius 2 is 1.91 bits per heavy atom. The van der Waals surface area contributed by atoms with E-state index in [9.17, 15) is 18.5 Å². The van der Waals surface area contributed by atoms with Gasteiger partial charge in [-0.1, -0.05) is 17.7 Å². The fourth-order valence-electron chi connectivity index (χ4n) is 3.81. The Balaban J connectivity index is 1.72. The molecule has 0 radical (unpaired) electrons. The van der Waals surface area contributed by atoms with E-state index in [2.05, 4.69) is 20.9 Å². The van der Waals surface area contributed by atoms with Gasteiger partial charge >= 0.3 is 0 Å². The second kappa shape index (κ2) is 8.69. The van der Waals surface area contributed by atoms with Crippen LogP contribution in [0.25, 0.3) is 0 Å². The minimum Gasteiger partial charge on any atom is -0.353 e. The monoisotopic (exact) mass is 456 g/mol. The van der Waals surface area contributed by atoms with Crippen molar-refractivity contribution in [2.75, 3.05) is 25.0 Å². The molecule has 2 aromatic carbocycles. The Kier molecular flexibility index (Phi) is 5.96. The number of sulfone groups is 1. The molecule has 2 atom stereocenters. The van der Waals surface area contributed by atoms with E-state index in [0.29, 0.717) is 13.1 Å². The molecule has 168 valence electrons. The molecule has 1 fully saturated rings. The number of nitrogens with zero attached hydrogens (tertiary/aromatic N) is 3. The van der Waals surface area contributed by atoms with E-state index in [1.807, 2.05) is 31.2 Å². The molecular formula is C21H24N6O4S. The molecular weight excluding hydrogens is 432 g/mol. The van der Waals surface area contributed by atoms with Gasteiger partial charge in [-0.3, -0.25) is 10.1 Å². The molecule has 0 spiro atoms. The molecule has 2 unspecified atom stereocenters. The van der Waals surface area contributed by atoms with Gasteiger partial charge in [0.05, 0.1) is 16.2 Å². The average molecular weight is 457 g/mol. The number of nitro benzene ring substituents is 1. The Labute approximate surface area is 186 Å². The van der Waals surface area contributed by atoms with E-state index in [4.69, 9.17) is 0 Å². The predicted octanol–water partition coefficient (Wildman–Crippen LogP) is 1.82. The minimum absolute atomic E-state index is 0.0224. The van der Waals surface area contributed by atoms with Crippen molar-refractivity contribution in [3.8, 4) is 0 Å². The van der Waals surface area contributed by atoms with E-state index in [0.717, 1.165) is 11.3 Å². The smallest absolute Gasteiger partial charge is 0.269 e. The first-order chi connectivity index (χ1) is 15.3. The van der Waals surface area contributed by atoms with Crippen LogP contribution >= 0.6 is 0 Å². The van der Waals surface area contributed by atoms with E-state index in [-0.39, 0.29) is 17.1 Å². The van der Waals surface area contributed by atoms with Crippen LogP contribution in [0.15, 0.2) is 70.7 Å². The molecule has 0 aromatic heterocycles. The van der Waals surface area contributed by atoms with Crippen LogP contribution in [0.3, 0.4) is 0 Å². The largest absolute Gasteiger partial charge is 0.353 e. The van der Waals surface area contributed by atoms with Crippen LogP contribution in [-0.2, 0) is 9.84 Å². The summed E-state index contributed by atoms with van der Waals surface area (Å²) in [7, 11) is -3.87. The SMILES string of the molecule is Cc1ccc(NC2(N3CCNCC3S(=O)(=O)c3ccc([N+](=O)[O-])cc3)C=CNC=N2)cc1. The third kappa shape index (κ3) is 4.22. The fourth-order valence-corrected chi connectivity index (χ4v) is 5.58. The Morgan fingerprint density at radius 3 is 2.53 bits per heavy atom. The van der Waals surface area contributed by atoms with Crippen molar-refractivity contribution >= 4 is 27.6 Å². The van der Waals surface area contributed by atoms with E-state index < -0.39 is 25.9 Å². The van der Waals surface area contributed by atoms with Crippen LogP contribution in [0.2, 0.25) is 0 Å². The third-order valence-corrected chi connectivity index (χ3v) is 7.56. The summed E-state index contributed by atoms with van der Waals surface area (Å²) in [4.78, 5) is 16.8. The molecule has 32 heavy (non-hydrogen) atoms. The Morgan fingerprint density at radius 1 is 1.19 bits per heavy atom. The predicted molar refractivity (Wildman–Crippen MR) is 122 cm³/mol. The first kappa shape index (κ1) is 21.9. The number of benzene rings is 2. The van der Waals surface area contributed by atoms with Crippen LogP contribution in [0.4, 0.5) is 11.4 Å². The Hall–Kier alpha value is -3.28. The topological polar surface area (TPSA) is 129 Å². The van der Waals surface area contributed by atoms with Crippen molar-refractivity contribution in [2.24, 2.45) is 4.99 Å². The van der Waals surface area contributed by atoms with Crippen LogP contribution in [0.5, 0.6) is 0 Å². The maximum absolute atomic E-state index is 13.6. The molecule has 0 aliphatic carbocycles. The average Bonchev–Trinajstić information content (AvgIpc) is 2.81. The van der Waals surface area contributed by atoms with Crippen molar-refractivity contribution < 1.29 is 13.3 Å². The summed E-state index contributed by atoms with van der Waals surface area (Å²) in [6.45, 7) is 3.18. The third-order valence-electron chi connectivity index (χ3n) is 5.50. The zero-order valence-electron chi connectivity index (χ0n) is 17.4. The van der Waals surface area contributed by atoms with Gasteiger partial charge in [-0.05, 0) is 37.3 Å². The lowest BCUT2D eigenvalue weighted by molar-refractivity contribution is -0.384. The molecule has 0 saturated carbocycles. The first-order valence-electron chi connectivity index (χ1n) is 10.1. The number of piperazine rings is 1. The summed E-state index contributed by atoms with van der Waals surface area (Å²) in [6, 6.07) is 12.7. The minimum atomic E-state index is -3.87. The summed E-state index contributed by atoms with van der Waals surface area (Å²) in [6.07, 6.45) is 5.03. The normalized spacial score (nSPS) is 23.5. The van der Waals surface area contributed by atoms with Crippen LogP contribution < -0.4 is 16.0 Å². The second-order valence-electron chi connectivity index (χ2n) is 7.62. The number of rotatable bonds is 6. The van der Waals surface area contributed by atoms with Gasteiger partial charge < -0.3 is 16.0 Å². The van der Waals surface area contributed by atoms with Gasteiger partial charge in [-0.15, -0.1) is 0 Å². The van der Waals surface area contributed by atoms with Gasteiger partial charge in [0.15, 0.2) is 9.84 Å². The highest BCUT2D eigenvalue weighted by molar-refractivity contribution is 7.92. The molecule has 2 heterocycles. The van der Waals surface area contributed by atoms with Crippen molar-refractivity contribution in [1.29, 1.82) is 0 Å². The standard InChI is InChI=1S/C21H24N6O4S/c1-16-2-4-17(5-3-16)25-21(10-11-23-15-24-21)26-13-12-22-14-20(26)32(30,31)19-8-6-18(7-9-19)27(28)29/h2-11,15,20,22,25H,12-14H2,1H3,(H,23,24). The molecule has 2 aromatic rings. The number of aliphatic imine (C=N–C) groups is 1. The summed E-state index contributed by atoms with van der Waals surface area (Å²) >= 11 is 0. The Bertz CT molecular complexity index is 1130. The zero-order chi connectivity index (χ0) is 22.8. The highest BCUT2D eigenvalue weighted by Gasteiger charge is 2.46. The fraction of sp³-hybridized carbons (Fsp3) is 0.286. The molecule has 2 aliphatic heterocycles. The van der Waals surface area contributed by atoms with Crippen molar-refractivity contribution in [3.63, 3.8) is 0 Å². The number of anilines is 1. The summed E-state index contributed by atoms with van der Waals surface area (Å²) in [5.41, 5.74) is 1.74. The maximum atomic E-state index is 13.6. The van der Waals surface area contributed by atoms with Crippen LogP contribution in [-0.4, -0.2) is 55.4 Å². The van der Waals surface area contributed by atoms with Crippen LogP contribution in [0.1, 0.15) is 5.56 Å². The van der Waals surface area contributed by atoms with E-state index in [1.54, 1.807) is 17.2 Å². The summed E-state index contributed by atoms with van der Waals surface area (Å²) < 4.78 is 27.2. The van der Waals surface area contributed by atoms with Crippen molar-refractivity contribution in [3.05, 3.63) is 76.5 Å². The first-order valence-corrected chi connectivity index (χ1v) is 11.6. The lowest BCUT2D eigenvalue weighted by Gasteiger charge is -2.46. The van der Waals surface area contributed by atoms with E-state index >= 15 is 0 Å². The van der Waals surface area contributed by atoms with Gasteiger partial charge in [0, 0.05) is 43.7 Å². The van der Waals surface area contributed by atoms with Gasteiger partial charge in [0.2, 0.25) is 5.79 Å². The van der Waals surface area contributed by atoms with Crippen LogP contribution in [0, 0.1) is 17.0 Å². The number of non-ortho nitro benzene ring substituents is 1. The molecule has 4 rings (SSSR count). The van der Waals surface area contributed by atoms with Crippen molar-refractivity contribution in [2.45, 2.75) is 23.0 Å². The lowest BCUT2D eigenvalue weighted by Crippen LogP contribution is -2.65. The highest BCUT2D eigenvalue weighted by atomic mass is 32.2. The number of nitro groups is 1. The molecule has 1 saturated heterocycles. The number of hydrogen-bond acceptors (Lipinski definition) is 9. The van der Waals surface area contributed by atoms with Gasteiger partial charge in [-0.25, -0.2) is 18.3 Å². The van der Waals surface area contributed by atoms with Crippen molar-refractivity contribution in [1.82, 2.24) is 15.5 Å². The van der Waals surface area contributed by atoms with Gasteiger partial charge in [-0.2, -0.15) is 0 Å². The zero-order valence-corrected chi connectivity index (χ0v) is 18.2. The molecule has 0 bridgehead atoms. The van der Waals surface area contributed by atoms with E-state index in [1.165, 1.54) is 30.6 Å². The summed E-state index contributed by atoms with van der Waals surface area (Å²) in [5, 5.41) is 19.5. The molecule has 2 aliphatic rings. The molecule has 0 amide bonds. The quantitative estimate of drug-likeness (QED) is 0.443. The molecule has 10 nitrogen and oxygen atoms in total. The number of nitrogens with one attached hydrogen (secondary N) is 3. The van der Waals surface area contributed by atoms with Gasteiger partial charge in [0.1, 0.15) is 5.37 Å². The lowest BCUT2D eigenvalue weighted by atomic mass is 10.1. The molecule has 3 N–H and O–H groups in total. The second-order valence-corrected chi connectivity index (χ2v) is 9.73. The summed E-state index contributed by atoms with van der Waals surface area (Å²) in [5.74, 6) is -1.12. The number of aryl methyl sites for hydroxylation is 1. The maximum Gasteiger partial charge on any atom is 0.269 e. The highest BCUT2D eigenvalue weighted by Crippen LogP contribution is 2.31. The molecule has 11 heteroatoms. The number of hydrogen-bond donors (Lipinski definition) is 3. The van der Waals surface area contributed by atoms with Gasteiger partial charge in [0.25, 0.3) is 5.69 Å².